The number of fused-ring (bicyclic) bond motifs is 1. The molecule has 2 aliphatic rings. The molecule has 1 amide bonds. The van der Waals surface area contributed by atoms with Gasteiger partial charge in [-0.1, -0.05) is 18.2 Å². The van der Waals surface area contributed by atoms with Crippen molar-refractivity contribution in [3.63, 3.8) is 0 Å². The van der Waals surface area contributed by atoms with E-state index in [0.717, 1.165) is 76.5 Å². The molecular formula is C28H33N3O3. The van der Waals surface area contributed by atoms with Crippen molar-refractivity contribution >= 4 is 16.8 Å². The fourth-order valence-corrected chi connectivity index (χ4v) is 5.02. The van der Waals surface area contributed by atoms with Crippen LogP contribution in [0.2, 0.25) is 0 Å². The van der Waals surface area contributed by atoms with E-state index in [9.17, 15) is 4.79 Å². The lowest BCUT2D eigenvalue weighted by molar-refractivity contribution is 0.0322. The molecule has 6 heteroatoms. The summed E-state index contributed by atoms with van der Waals surface area (Å²) in [5.74, 6) is 1.34. The molecule has 5 rings (SSSR count). The molecule has 178 valence electrons. The van der Waals surface area contributed by atoms with Crippen LogP contribution in [-0.2, 0) is 11.2 Å². The summed E-state index contributed by atoms with van der Waals surface area (Å²) >= 11 is 0. The summed E-state index contributed by atoms with van der Waals surface area (Å²) in [5.41, 5.74) is 3.05. The van der Waals surface area contributed by atoms with Crippen molar-refractivity contribution < 1.29 is 14.3 Å². The quantitative estimate of drug-likeness (QED) is 0.534. The van der Waals surface area contributed by atoms with Crippen LogP contribution in [0.3, 0.4) is 0 Å². The third kappa shape index (κ3) is 5.75. The Morgan fingerprint density at radius 1 is 1.06 bits per heavy atom. The highest BCUT2D eigenvalue weighted by Gasteiger charge is 2.25. The highest BCUT2D eigenvalue weighted by Crippen LogP contribution is 2.25. The van der Waals surface area contributed by atoms with E-state index in [4.69, 9.17) is 9.47 Å². The first-order chi connectivity index (χ1) is 16.7. The zero-order valence-electron chi connectivity index (χ0n) is 19.7. The minimum atomic E-state index is 0.103. The van der Waals surface area contributed by atoms with Crippen LogP contribution in [0.4, 0.5) is 0 Å². The van der Waals surface area contributed by atoms with Crippen molar-refractivity contribution in [1.29, 1.82) is 0 Å². The van der Waals surface area contributed by atoms with Crippen molar-refractivity contribution in [2.24, 2.45) is 5.92 Å². The number of nitrogens with zero attached hydrogens (tertiary/aromatic N) is 3. The van der Waals surface area contributed by atoms with Gasteiger partial charge in [0.15, 0.2) is 0 Å². The molecule has 3 heterocycles. The number of piperidine rings is 1. The van der Waals surface area contributed by atoms with Gasteiger partial charge in [-0.05, 0) is 67.1 Å². The van der Waals surface area contributed by atoms with Gasteiger partial charge < -0.3 is 14.4 Å². The third-order valence-corrected chi connectivity index (χ3v) is 6.86. The monoisotopic (exact) mass is 459 g/mol. The number of rotatable bonds is 7. The smallest absolute Gasteiger partial charge is 0.253 e. The van der Waals surface area contributed by atoms with Crippen LogP contribution in [0.25, 0.3) is 10.9 Å². The number of ether oxygens (including phenoxy) is 2. The van der Waals surface area contributed by atoms with Gasteiger partial charge >= 0.3 is 0 Å². The molecule has 0 spiro atoms. The van der Waals surface area contributed by atoms with E-state index in [1.807, 2.05) is 41.4 Å². The van der Waals surface area contributed by atoms with Gasteiger partial charge in [0.05, 0.1) is 18.7 Å². The fraction of sp³-hybridized carbons (Fsp3) is 0.429. The lowest BCUT2D eigenvalue weighted by Crippen LogP contribution is -2.40. The highest BCUT2D eigenvalue weighted by molar-refractivity contribution is 5.94. The van der Waals surface area contributed by atoms with Crippen LogP contribution in [-0.4, -0.2) is 73.2 Å². The lowest BCUT2D eigenvalue weighted by atomic mass is 9.90. The van der Waals surface area contributed by atoms with Gasteiger partial charge in [0.2, 0.25) is 0 Å². The van der Waals surface area contributed by atoms with E-state index >= 15 is 0 Å². The number of morpholine rings is 1. The van der Waals surface area contributed by atoms with Crippen molar-refractivity contribution in [2.75, 3.05) is 52.5 Å². The summed E-state index contributed by atoms with van der Waals surface area (Å²) in [6, 6.07) is 18.2. The molecule has 0 bridgehead atoms. The third-order valence-electron chi connectivity index (χ3n) is 6.86. The average molecular weight is 460 g/mol. The fourth-order valence-electron chi connectivity index (χ4n) is 5.02. The van der Waals surface area contributed by atoms with Crippen molar-refractivity contribution in [3.8, 4) is 5.75 Å². The molecule has 6 nitrogen and oxygen atoms in total. The van der Waals surface area contributed by atoms with Gasteiger partial charge in [-0.25, -0.2) is 0 Å². The molecule has 2 aromatic carbocycles. The molecule has 2 fully saturated rings. The minimum absolute atomic E-state index is 0.103. The Hall–Kier alpha value is -2.96. The first-order valence-corrected chi connectivity index (χ1v) is 12.4. The lowest BCUT2D eigenvalue weighted by Gasteiger charge is -2.33. The second-order valence-corrected chi connectivity index (χ2v) is 9.32. The Kier molecular flexibility index (Phi) is 7.37. The Labute approximate surface area is 201 Å². The number of aromatic nitrogens is 1. The van der Waals surface area contributed by atoms with Crippen LogP contribution >= 0.6 is 0 Å². The first kappa shape index (κ1) is 22.8. The number of carbonyl (C=O) groups excluding carboxylic acids is 1. The Balaban J connectivity index is 1.17. The van der Waals surface area contributed by atoms with Gasteiger partial charge in [-0.15, -0.1) is 0 Å². The average Bonchev–Trinajstić information content (AvgIpc) is 2.89. The molecule has 0 radical (unpaired) electrons. The summed E-state index contributed by atoms with van der Waals surface area (Å²) < 4.78 is 11.4. The second kappa shape index (κ2) is 11.0. The molecule has 1 unspecified atom stereocenters. The maximum Gasteiger partial charge on any atom is 0.253 e. The Morgan fingerprint density at radius 3 is 2.88 bits per heavy atom. The van der Waals surface area contributed by atoms with Crippen LogP contribution in [0, 0.1) is 5.92 Å². The van der Waals surface area contributed by atoms with Gasteiger partial charge in [0.25, 0.3) is 5.91 Å². The van der Waals surface area contributed by atoms with Gasteiger partial charge in [-0.2, -0.15) is 0 Å². The molecule has 1 atom stereocenters. The van der Waals surface area contributed by atoms with Crippen LogP contribution in [0.15, 0.2) is 60.8 Å². The van der Waals surface area contributed by atoms with Gasteiger partial charge in [-0.3, -0.25) is 14.7 Å². The van der Waals surface area contributed by atoms with Gasteiger partial charge in [0.1, 0.15) is 12.4 Å². The van der Waals surface area contributed by atoms with Crippen molar-refractivity contribution in [1.82, 2.24) is 14.8 Å². The molecule has 34 heavy (non-hydrogen) atoms. The summed E-state index contributed by atoms with van der Waals surface area (Å²) in [5, 5.41) is 1.18. The molecule has 3 aromatic rings. The summed E-state index contributed by atoms with van der Waals surface area (Å²) in [4.78, 5) is 22.1. The predicted octanol–water partition coefficient (Wildman–Crippen LogP) is 4.04. The molecule has 0 saturated carbocycles. The van der Waals surface area contributed by atoms with E-state index in [1.54, 1.807) is 0 Å². The number of hydrogen-bond acceptors (Lipinski definition) is 5. The van der Waals surface area contributed by atoms with Crippen LogP contribution in [0.1, 0.15) is 28.8 Å². The molecule has 0 aliphatic carbocycles. The number of likely N-dealkylation sites (tertiary alicyclic amines) is 1. The molecule has 0 N–H and O–H groups in total. The van der Waals surface area contributed by atoms with Crippen molar-refractivity contribution in [3.05, 3.63) is 71.9 Å². The first-order valence-electron chi connectivity index (χ1n) is 12.4. The normalized spacial score (nSPS) is 19.3. The number of amides is 1. The number of pyridine rings is 1. The van der Waals surface area contributed by atoms with E-state index in [1.165, 1.54) is 10.9 Å². The largest absolute Gasteiger partial charge is 0.492 e. The van der Waals surface area contributed by atoms with Gasteiger partial charge in [0, 0.05) is 49.9 Å². The van der Waals surface area contributed by atoms with Crippen molar-refractivity contribution in [2.45, 2.75) is 19.3 Å². The molecule has 2 aliphatic heterocycles. The maximum atomic E-state index is 13.3. The zero-order chi connectivity index (χ0) is 23.2. The highest BCUT2D eigenvalue weighted by atomic mass is 16.5. The predicted molar refractivity (Wildman–Crippen MR) is 133 cm³/mol. The summed E-state index contributed by atoms with van der Waals surface area (Å²) in [6.07, 6.45) is 5.01. The van der Waals surface area contributed by atoms with Crippen LogP contribution < -0.4 is 4.74 Å². The molecule has 1 aromatic heterocycles. The van der Waals surface area contributed by atoms with E-state index in [0.29, 0.717) is 18.1 Å². The van der Waals surface area contributed by atoms with Crippen LogP contribution in [0.5, 0.6) is 5.75 Å². The zero-order valence-corrected chi connectivity index (χ0v) is 19.7. The SMILES string of the molecule is O=C(c1cccc(OCCN2CCOCC2)c1)N1CCCC(Cc2ccc3ncccc3c2)C1. The Bertz CT molecular complexity index is 1110. The number of carbonyl (C=O) groups is 1. The number of hydrogen-bond donors (Lipinski definition) is 0. The minimum Gasteiger partial charge on any atom is -0.492 e. The Morgan fingerprint density at radius 2 is 1.97 bits per heavy atom. The van der Waals surface area contributed by atoms with E-state index < -0.39 is 0 Å². The maximum absolute atomic E-state index is 13.3. The van der Waals surface area contributed by atoms with E-state index in [-0.39, 0.29) is 5.91 Å². The standard InChI is InChI=1S/C28H33N3O3/c32-28(25-5-1-7-26(20-25)34-17-14-30-12-15-33-16-13-30)31-11-3-4-23(21-31)18-22-8-9-27-24(19-22)6-2-10-29-27/h1-2,5-10,19-20,23H,3-4,11-18,21H2. The molecule has 2 saturated heterocycles. The number of benzene rings is 2. The molecular weight excluding hydrogens is 426 g/mol. The topological polar surface area (TPSA) is 54.9 Å². The summed E-state index contributed by atoms with van der Waals surface area (Å²) in [6.45, 7) is 6.59. The van der Waals surface area contributed by atoms with E-state index in [2.05, 4.69) is 34.1 Å². The second-order valence-electron chi connectivity index (χ2n) is 9.32. The summed E-state index contributed by atoms with van der Waals surface area (Å²) in [7, 11) is 0.